The van der Waals surface area contributed by atoms with Gasteiger partial charge in [0.25, 0.3) is 0 Å². The number of halogens is 1. The Labute approximate surface area is 131 Å². The van der Waals surface area contributed by atoms with Crippen LogP contribution >= 0.6 is 0 Å². The molecule has 0 aromatic heterocycles. The molecule has 0 saturated carbocycles. The molecule has 1 fully saturated rings. The number of nitrogens with zero attached hydrogens (tertiary/aromatic N) is 1. The molecule has 2 nitrogen and oxygen atoms in total. The molecular formula is C19H22FNO. The van der Waals surface area contributed by atoms with Gasteiger partial charge in [-0.3, -0.25) is 4.90 Å². The van der Waals surface area contributed by atoms with Crippen LogP contribution in [0.3, 0.4) is 0 Å². The van der Waals surface area contributed by atoms with Gasteiger partial charge < -0.3 is 5.11 Å². The first-order chi connectivity index (χ1) is 10.5. The van der Waals surface area contributed by atoms with Gasteiger partial charge in [0, 0.05) is 19.1 Å². The van der Waals surface area contributed by atoms with Crippen LogP contribution in [0.4, 0.5) is 4.39 Å². The SMILES string of the molecule is CC1(O)CCN(Cc2cccc(F)c2)C(c2ccccc2)C1. The van der Waals surface area contributed by atoms with E-state index < -0.39 is 5.60 Å². The van der Waals surface area contributed by atoms with Gasteiger partial charge in [-0.15, -0.1) is 0 Å². The van der Waals surface area contributed by atoms with Crippen molar-refractivity contribution < 1.29 is 9.50 Å². The Morgan fingerprint density at radius 2 is 1.95 bits per heavy atom. The van der Waals surface area contributed by atoms with Gasteiger partial charge in [-0.25, -0.2) is 4.39 Å². The highest BCUT2D eigenvalue weighted by atomic mass is 19.1. The third-order valence-electron chi connectivity index (χ3n) is 4.47. The summed E-state index contributed by atoms with van der Waals surface area (Å²) in [5.74, 6) is -0.197. The smallest absolute Gasteiger partial charge is 0.123 e. The number of aliphatic hydroxyl groups is 1. The molecule has 2 aromatic carbocycles. The second-order valence-corrected chi connectivity index (χ2v) is 6.48. The van der Waals surface area contributed by atoms with E-state index in [1.807, 2.05) is 31.2 Å². The second kappa shape index (κ2) is 6.19. The zero-order chi connectivity index (χ0) is 15.6. The molecule has 1 heterocycles. The van der Waals surface area contributed by atoms with Crippen molar-refractivity contribution in [3.63, 3.8) is 0 Å². The first-order valence-electron chi connectivity index (χ1n) is 7.79. The van der Waals surface area contributed by atoms with Crippen molar-refractivity contribution in [1.29, 1.82) is 0 Å². The number of hydrogen-bond donors (Lipinski definition) is 1. The molecule has 22 heavy (non-hydrogen) atoms. The molecular weight excluding hydrogens is 277 g/mol. The molecule has 0 bridgehead atoms. The van der Waals surface area contributed by atoms with Crippen molar-refractivity contribution in [2.45, 2.75) is 38.0 Å². The van der Waals surface area contributed by atoms with E-state index in [0.717, 1.165) is 18.5 Å². The summed E-state index contributed by atoms with van der Waals surface area (Å²) in [6, 6.07) is 17.2. The van der Waals surface area contributed by atoms with E-state index in [1.165, 1.54) is 11.6 Å². The maximum atomic E-state index is 13.4. The first-order valence-corrected chi connectivity index (χ1v) is 7.79. The van der Waals surface area contributed by atoms with Gasteiger partial charge in [0.05, 0.1) is 5.60 Å². The summed E-state index contributed by atoms with van der Waals surface area (Å²) in [5.41, 5.74) is 1.54. The van der Waals surface area contributed by atoms with E-state index in [1.54, 1.807) is 12.1 Å². The zero-order valence-electron chi connectivity index (χ0n) is 12.9. The molecule has 0 amide bonds. The third-order valence-corrected chi connectivity index (χ3v) is 4.47. The van der Waals surface area contributed by atoms with Crippen LogP contribution in [0.1, 0.15) is 36.9 Å². The van der Waals surface area contributed by atoms with Crippen LogP contribution in [-0.4, -0.2) is 22.2 Å². The minimum atomic E-state index is -0.640. The maximum absolute atomic E-state index is 13.4. The Bertz CT molecular complexity index is 626. The average Bonchev–Trinajstić information content (AvgIpc) is 2.50. The number of hydrogen-bond acceptors (Lipinski definition) is 2. The predicted molar refractivity (Wildman–Crippen MR) is 85.9 cm³/mol. The highest BCUT2D eigenvalue weighted by molar-refractivity contribution is 5.22. The summed E-state index contributed by atoms with van der Waals surface area (Å²) in [4.78, 5) is 2.34. The van der Waals surface area contributed by atoms with Crippen LogP contribution in [0.25, 0.3) is 0 Å². The number of benzene rings is 2. The molecule has 1 aliphatic rings. The topological polar surface area (TPSA) is 23.5 Å². The Hall–Kier alpha value is -1.71. The molecule has 1 saturated heterocycles. The van der Waals surface area contributed by atoms with Gasteiger partial charge >= 0.3 is 0 Å². The van der Waals surface area contributed by atoms with Gasteiger partial charge in [-0.1, -0.05) is 42.5 Å². The molecule has 1 aliphatic heterocycles. The van der Waals surface area contributed by atoms with Crippen molar-refractivity contribution in [2.24, 2.45) is 0 Å². The van der Waals surface area contributed by atoms with Gasteiger partial charge in [-0.2, -0.15) is 0 Å². The highest BCUT2D eigenvalue weighted by Gasteiger charge is 2.35. The van der Waals surface area contributed by atoms with Crippen LogP contribution in [0.5, 0.6) is 0 Å². The molecule has 2 unspecified atom stereocenters. The Kier molecular flexibility index (Phi) is 4.27. The lowest BCUT2D eigenvalue weighted by atomic mass is 9.84. The summed E-state index contributed by atoms with van der Waals surface area (Å²) >= 11 is 0. The fraction of sp³-hybridized carbons (Fsp3) is 0.368. The van der Waals surface area contributed by atoms with E-state index in [2.05, 4.69) is 17.0 Å². The van der Waals surface area contributed by atoms with E-state index in [0.29, 0.717) is 13.0 Å². The minimum absolute atomic E-state index is 0.160. The highest BCUT2D eigenvalue weighted by Crippen LogP contribution is 2.37. The molecule has 3 rings (SSSR count). The van der Waals surface area contributed by atoms with Crippen molar-refractivity contribution in [2.75, 3.05) is 6.54 Å². The van der Waals surface area contributed by atoms with E-state index in [4.69, 9.17) is 0 Å². The summed E-state index contributed by atoms with van der Waals surface area (Å²) in [7, 11) is 0. The summed E-state index contributed by atoms with van der Waals surface area (Å²) in [5, 5.41) is 10.4. The normalized spacial score (nSPS) is 26.0. The molecule has 1 N–H and O–H groups in total. The lowest BCUT2D eigenvalue weighted by Crippen LogP contribution is -2.44. The van der Waals surface area contributed by atoms with Crippen LogP contribution in [0, 0.1) is 5.82 Å². The van der Waals surface area contributed by atoms with Crippen molar-refractivity contribution in [3.05, 3.63) is 71.5 Å². The summed E-state index contributed by atoms with van der Waals surface area (Å²) in [6.07, 6.45) is 1.44. The number of likely N-dealkylation sites (tertiary alicyclic amines) is 1. The van der Waals surface area contributed by atoms with E-state index in [-0.39, 0.29) is 11.9 Å². The molecule has 3 heteroatoms. The quantitative estimate of drug-likeness (QED) is 0.928. The third kappa shape index (κ3) is 3.54. The first kappa shape index (κ1) is 15.2. The number of rotatable bonds is 3. The largest absolute Gasteiger partial charge is 0.390 e. The van der Waals surface area contributed by atoms with Crippen molar-refractivity contribution in [3.8, 4) is 0 Å². The van der Waals surface area contributed by atoms with Crippen molar-refractivity contribution >= 4 is 0 Å². The number of piperidine rings is 1. The lowest BCUT2D eigenvalue weighted by molar-refractivity contribution is -0.0372. The molecule has 2 aromatic rings. The second-order valence-electron chi connectivity index (χ2n) is 6.48. The Balaban J connectivity index is 1.84. The molecule has 0 radical (unpaired) electrons. The van der Waals surface area contributed by atoms with Crippen LogP contribution in [0.2, 0.25) is 0 Å². The van der Waals surface area contributed by atoms with Crippen molar-refractivity contribution in [1.82, 2.24) is 4.90 Å². The fourth-order valence-electron chi connectivity index (χ4n) is 3.25. The average molecular weight is 299 g/mol. The summed E-state index contributed by atoms with van der Waals surface area (Å²) < 4.78 is 13.4. The van der Waals surface area contributed by atoms with E-state index >= 15 is 0 Å². The standard InChI is InChI=1S/C19H22FNO/c1-19(22)10-11-21(14-15-6-5-9-17(20)12-15)18(13-19)16-7-3-2-4-8-16/h2-9,12,18,22H,10-11,13-14H2,1H3. The lowest BCUT2D eigenvalue weighted by Gasteiger charge is -2.43. The van der Waals surface area contributed by atoms with Gasteiger partial charge in [0.15, 0.2) is 0 Å². The Morgan fingerprint density at radius 3 is 2.68 bits per heavy atom. The van der Waals surface area contributed by atoms with Crippen LogP contribution in [0.15, 0.2) is 54.6 Å². The molecule has 0 spiro atoms. The van der Waals surface area contributed by atoms with E-state index in [9.17, 15) is 9.50 Å². The van der Waals surface area contributed by atoms with Gasteiger partial charge in [0.2, 0.25) is 0 Å². The monoisotopic (exact) mass is 299 g/mol. The van der Waals surface area contributed by atoms with Gasteiger partial charge in [0.1, 0.15) is 5.82 Å². The van der Waals surface area contributed by atoms with Gasteiger partial charge in [-0.05, 0) is 43.0 Å². The molecule has 2 atom stereocenters. The fourth-order valence-corrected chi connectivity index (χ4v) is 3.25. The maximum Gasteiger partial charge on any atom is 0.123 e. The van der Waals surface area contributed by atoms with Crippen LogP contribution in [-0.2, 0) is 6.54 Å². The molecule has 0 aliphatic carbocycles. The van der Waals surface area contributed by atoms with Crippen LogP contribution < -0.4 is 0 Å². The predicted octanol–water partition coefficient (Wildman–Crippen LogP) is 3.91. The molecule has 116 valence electrons. The Morgan fingerprint density at radius 1 is 1.18 bits per heavy atom. The summed E-state index contributed by atoms with van der Waals surface area (Å²) in [6.45, 7) is 3.42. The zero-order valence-corrected chi connectivity index (χ0v) is 12.9. The minimum Gasteiger partial charge on any atom is -0.390 e.